The summed E-state index contributed by atoms with van der Waals surface area (Å²) in [4.78, 5) is 1.77. The first-order valence-corrected chi connectivity index (χ1v) is 5.08. The van der Waals surface area contributed by atoms with Gasteiger partial charge in [-0.05, 0) is 27.2 Å². The summed E-state index contributed by atoms with van der Waals surface area (Å²) in [6, 6.07) is 0. The SMILES string of the molecule is CC(C)(C)OC(O)N1CC[C@@H](CF)C1. The predicted octanol–water partition coefficient (Wildman–Crippen LogP) is 1.37. The van der Waals surface area contributed by atoms with Gasteiger partial charge in [0.15, 0.2) is 0 Å². The molecular formula is C10H20FNO2. The van der Waals surface area contributed by atoms with E-state index in [-0.39, 0.29) is 18.2 Å². The topological polar surface area (TPSA) is 32.7 Å². The zero-order chi connectivity index (χ0) is 10.8. The second kappa shape index (κ2) is 4.55. The zero-order valence-electron chi connectivity index (χ0n) is 9.16. The molecule has 1 heterocycles. The van der Waals surface area contributed by atoms with Crippen molar-refractivity contribution in [3.63, 3.8) is 0 Å². The molecule has 84 valence electrons. The third kappa shape index (κ3) is 3.52. The highest BCUT2D eigenvalue weighted by Gasteiger charge is 2.29. The van der Waals surface area contributed by atoms with Crippen molar-refractivity contribution < 1.29 is 14.2 Å². The minimum absolute atomic E-state index is 0.0632. The minimum atomic E-state index is -0.897. The van der Waals surface area contributed by atoms with Gasteiger partial charge in [-0.25, -0.2) is 0 Å². The Labute approximate surface area is 84.9 Å². The third-order valence-corrected chi connectivity index (χ3v) is 2.31. The molecule has 0 radical (unpaired) electrons. The second-order valence-electron chi connectivity index (χ2n) is 4.86. The fourth-order valence-electron chi connectivity index (χ4n) is 1.58. The second-order valence-corrected chi connectivity index (χ2v) is 4.86. The van der Waals surface area contributed by atoms with E-state index in [1.807, 2.05) is 20.8 Å². The Morgan fingerprint density at radius 3 is 2.64 bits per heavy atom. The lowest BCUT2D eigenvalue weighted by molar-refractivity contribution is -0.234. The number of aliphatic hydroxyl groups excluding tert-OH is 1. The Morgan fingerprint density at radius 1 is 1.57 bits per heavy atom. The van der Waals surface area contributed by atoms with Gasteiger partial charge in [-0.3, -0.25) is 9.29 Å². The summed E-state index contributed by atoms with van der Waals surface area (Å²) in [6.07, 6.45) is -0.0901. The first-order valence-electron chi connectivity index (χ1n) is 5.08. The van der Waals surface area contributed by atoms with Crippen LogP contribution in [0.25, 0.3) is 0 Å². The molecule has 0 aromatic rings. The van der Waals surface area contributed by atoms with Crippen LogP contribution in [0.3, 0.4) is 0 Å². The molecule has 0 spiro atoms. The van der Waals surface area contributed by atoms with Crippen LogP contribution in [0.2, 0.25) is 0 Å². The molecule has 1 aliphatic rings. The predicted molar refractivity (Wildman–Crippen MR) is 52.5 cm³/mol. The Kier molecular flexibility index (Phi) is 3.86. The van der Waals surface area contributed by atoms with Gasteiger partial charge in [-0.15, -0.1) is 0 Å². The van der Waals surface area contributed by atoms with Gasteiger partial charge < -0.3 is 9.84 Å². The zero-order valence-corrected chi connectivity index (χ0v) is 9.16. The molecule has 1 unspecified atom stereocenters. The third-order valence-electron chi connectivity index (χ3n) is 2.31. The van der Waals surface area contributed by atoms with Crippen LogP contribution >= 0.6 is 0 Å². The van der Waals surface area contributed by atoms with Crippen LogP contribution < -0.4 is 0 Å². The van der Waals surface area contributed by atoms with Crippen LogP contribution in [-0.4, -0.2) is 41.8 Å². The summed E-state index contributed by atoms with van der Waals surface area (Å²) >= 11 is 0. The van der Waals surface area contributed by atoms with E-state index < -0.39 is 6.41 Å². The van der Waals surface area contributed by atoms with Gasteiger partial charge in [-0.2, -0.15) is 0 Å². The molecule has 0 bridgehead atoms. The van der Waals surface area contributed by atoms with Gasteiger partial charge in [0, 0.05) is 19.0 Å². The lowest BCUT2D eigenvalue weighted by Crippen LogP contribution is -2.40. The van der Waals surface area contributed by atoms with E-state index in [2.05, 4.69) is 0 Å². The highest BCUT2D eigenvalue weighted by molar-refractivity contribution is 4.75. The molecule has 0 aromatic heterocycles. The van der Waals surface area contributed by atoms with Crippen molar-refractivity contribution in [2.75, 3.05) is 19.8 Å². The number of hydrogen-bond acceptors (Lipinski definition) is 3. The van der Waals surface area contributed by atoms with Crippen molar-refractivity contribution in [1.29, 1.82) is 0 Å². The van der Waals surface area contributed by atoms with Gasteiger partial charge in [0.25, 0.3) is 0 Å². The van der Waals surface area contributed by atoms with E-state index in [0.29, 0.717) is 13.1 Å². The van der Waals surface area contributed by atoms with Crippen LogP contribution in [0.1, 0.15) is 27.2 Å². The number of halogens is 1. The number of nitrogens with zero attached hydrogens (tertiary/aromatic N) is 1. The molecule has 1 rings (SSSR count). The van der Waals surface area contributed by atoms with Gasteiger partial charge in [0.2, 0.25) is 6.41 Å². The maximum atomic E-state index is 12.3. The molecule has 2 atom stereocenters. The normalized spacial score (nSPS) is 26.8. The summed E-state index contributed by atoms with van der Waals surface area (Å²) < 4.78 is 17.7. The summed E-state index contributed by atoms with van der Waals surface area (Å²) in [5.41, 5.74) is -0.368. The molecule has 0 aliphatic carbocycles. The van der Waals surface area contributed by atoms with E-state index in [1.165, 1.54) is 0 Å². The summed E-state index contributed by atoms with van der Waals surface area (Å²) in [5.74, 6) is 0.0632. The Balaban J connectivity index is 2.35. The van der Waals surface area contributed by atoms with Gasteiger partial charge in [-0.1, -0.05) is 0 Å². The molecule has 0 saturated carbocycles. The van der Waals surface area contributed by atoms with E-state index in [1.54, 1.807) is 4.90 Å². The van der Waals surface area contributed by atoms with Gasteiger partial charge in [0.1, 0.15) is 0 Å². The molecule has 1 N–H and O–H groups in total. The fraction of sp³-hybridized carbons (Fsp3) is 1.00. The summed E-state index contributed by atoms with van der Waals surface area (Å²) in [5, 5.41) is 9.68. The molecule has 4 heteroatoms. The molecular weight excluding hydrogens is 185 g/mol. The standard InChI is InChI=1S/C10H20FNO2/c1-10(2,3)14-9(13)12-5-4-8(6-11)7-12/h8-9,13H,4-7H2,1-3H3/t8-,9?/m0/s1. The van der Waals surface area contributed by atoms with Crippen LogP contribution in [0.15, 0.2) is 0 Å². The summed E-state index contributed by atoms with van der Waals surface area (Å²) in [6.45, 7) is 6.66. The number of likely N-dealkylation sites (tertiary alicyclic amines) is 1. The maximum absolute atomic E-state index is 12.3. The Hall–Kier alpha value is -0.190. The highest BCUT2D eigenvalue weighted by Crippen LogP contribution is 2.21. The van der Waals surface area contributed by atoms with E-state index in [0.717, 1.165) is 6.42 Å². The van der Waals surface area contributed by atoms with Crippen LogP contribution in [0.4, 0.5) is 4.39 Å². The van der Waals surface area contributed by atoms with Crippen molar-refractivity contribution in [2.45, 2.75) is 39.2 Å². The van der Waals surface area contributed by atoms with Crippen molar-refractivity contribution >= 4 is 0 Å². The molecule has 1 fully saturated rings. The number of ether oxygens (including phenoxy) is 1. The Morgan fingerprint density at radius 2 is 2.21 bits per heavy atom. The summed E-state index contributed by atoms with van der Waals surface area (Å²) in [7, 11) is 0. The van der Waals surface area contributed by atoms with Crippen molar-refractivity contribution in [1.82, 2.24) is 4.90 Å². The fourth-order valence-corrected chi connectivity index (χ4v) is 1.58. The first-order chi connectivity index (χ1) is 6.42. The molecule has 14 heavy (non-hydrogen) atoms. The molecule has 0 amide bonds. The average molecular weight is 205 g/mol. The monoisotopic (exact) mass is 205 g/mol. The van der Waals surface area contributed by atoms with E-state index in [9.17, 15) is 9.50 Å². The quantitative estimate of drug-likeness (QED) is 0.706. The molecule has 3 nitrogen and oxygen atoms in total. The molecule has 1 saturated heterocycles. The lowest BCUT2D eigenvalue weighted by atomic mass is 10.1. The minimum Gasteiger partial charge on any atom is -0.356 e. The van der Waals surface area contributed by atoms with Gasteiger partial charge in [0.05, 0.1) is 12.3 Å². The van der Waals surface area contributed by atoms with Crippen molar-refractivity contribution in [3.8, 4) is 0 Å². The Bertz CT molecular complexity index is 181. The van der Waals surface area contributed by atoms with Gasteiger partial charge >= 0.3 is 0 Å². The first kappa shape index (κ1) is 11.9. The number of aliphatic hydroxyl groups is 1. The number of rotatable bonds is 3. The van der Waals surface area contributed by atoms with Crippen LogP contribution in [-0.2, 0) is 4.74 Å². The lowest BCUT2D eigenvalue weighted by Gasteiger charge is -2.29. The molecule has 0 aromatic carbocycles. The maximum Gasteiger partial charge on any atom is 0.216 e. The van der Waals surface area contributed by atoms with Crippen LogP contribution in [0, 0.1) is 5.92 Å². The number of hydrogen-bond donors (Lipinski definition) is 1. The molecule has 1 aliphatic heterocycles. The average Bonchev–Trinajstić information content (AvgIpc) is 2.48. The van der Waals surface area contributed by atoms with E-state index in [4.69, 9.17) is 4.74 Å². The van der Waals surface area contributed by atoms with E-state index >= 15 is 0 Å². The largest absolute Gasteiger partial charge is 0.356 e. The van der Waals surface area contributed by atoms with Crippen molar-refractivity contribution in [3.05, 3.63) is 0 Å². The highest BCUT2D eigenvalue weighted by atomic mass is 19.1. The van der Waals surface area contributed by atoms with Crippen molar-refractivity contribution in [2.24, 2.45) is 5.92 Å². The van der Waals surface area contributed by atoms with Crippen LogP contribution in [0.5, 0.6) is 0 Å². The smallest absolute Gasteiger partial charge is 0.216 e. The number of alkyl halides is 1.